The molecule has 0 saturated heterocycles. The molecule has 0 aliphatic carbocycles. The second kappa shape index (κ2) is 11.4. The molecule has 0 saturated carbocycles. The summed E-state index contributed by atoms with van der Waals surface area (Å²) in [5, 5.41) is 11.4. The number of benzene rings is 4. The number of methoxy groups -OCH3 is 1. The van der Waals surface area contributed by atoms with Crippen molar-refractivity contribution < 1.29 is 28.7 Å². The molecule has 0 bridgehead atoms. The van der Waals surface area contributed by atoms with Crippen LogP contribution < -0.4 is 9.47 Å². The highest BCUT2D eigenvalue weighted by atomic mass is 35.5. The zero-order valence-electron chi connectivity index (χ0n) is 19.5. The number of carbonyl (C=O) groups excluding carboxylic acids is 2. The molecule has 0 amide bonds. The molecule has 0 aromatic heterocycles. The van der Waals surface area contributed by atoms with E-state index in [9.17, 15) is 19.7 Å². The Morgan fingerprint density at radius 3 is 2.05 bits per heavy atom. The summed E-state index contributed by atoms with van der Waals surface area (Å²) >= 11 is 6.08. The number of ether oxygens (including phenoxy) is 3. The predicted molar refractivity (Wildman–Crippen MR) is 137 cm³/mol. The van der Waals surface area contributed by atoms with E-state index in [1.165, 1.54) is 49.6 Å². The standard InChI is InChI=1S/C28H20ClNO7/c1-35-21-14-10-18(11-15-21)25(31)26(19-6-3-2-4-7-19)37-28(32)20-12-16-22(17-13-20)36-27-23(29)8-5-9-24(27)30(33)34/h2-17,26H,1H3/t26-/m1/s1. The SMILES string of the molecule is COc1ccc(C(=O)[C@H](OC(=O)c2ccc(Oc3c(Cl)cccc3[N+](=O)[O-])cc2)c2ccccc2)cc1. The van der Waals surface area contributed by atoms with Gasteiger partial charge in [-0.3, -0.25) is 14.9 Å². The van der Waals surface area contributed by atoms with Crippen molar-refractivity contribution >= 4 is 29.0 Å². The second-order valence-corrected chi connectivity index (χ2v) is 8.17. The third-order valence-electron chi connectivity index (χ3n) is 5.39. The van der Waals surface area contributed by atoms with Gasteiger partial charge in [0.05, 0.1) is 22.6 Å². The summed E-state index contributed by atoms with van der Waals surface area (Å²) in [6.45, 7) is 0. The van der Waals surface area contributed by atoms with Gasteiger partial charge in [-0.1, -0.05) is 48.0 Å². The number of para-hydroxylation sites is 1. The van der Waals surface area contributed by atoms with Crippen LogP contribution in [0.2, 0.25) is 5.02 Å². The van der Waals surface area contributed by atoms with E-state index in [0.29, 0.717) is 16.9 Å². The van der Waals surface area contributed by atoms with Crippen LogP contribution in [0.1, 0.15) is 32.4 Å². The first-order valence-corrected chi connectivity index (χ1v) is 11.4. The Morgan fingerprint density at radius 2 is 1.43 bits per heavy atom. The van der Waals surface area contributed by atoms with E-state index < -0.39 is 22.8 Å². The van der Waals surface area contributed by atoms with Crippen LogP contribution in [-0.4, -0.2) is 23.8 Å². The minimum Gasteiger partial charge on any atom is -0.497 e. The maximum absolute atomic E-state index is 13.3. The van der Waals surface area contributed by atoms with Crippen LogP contribution in [0.25, 0.3) is 0 Å². The van der Waals surface area contributed by atoms with E-state index in [4.69, 9.17) is 25.8 Å². The lowest BCUT2D eigenvalue weighted by Gasteiger charge is -2.18. The number of nitro benzene ring substituents is 1. The fourth-order valence-electron chi connectivity index (χ4n) is 3.50. The number of rotatable bonds is 9. The van der Waals surface area contributed by atoms with Gasteiger partial charge in [0.15, 0.2) is 6.10 Å². The van der Waals surface area contributed by atoms with Crippen molar-refractivity contribution in [1.82, 2.24) is 0 Å². The summed E-state index contributed by atoms with van der Waals surface area (Å²) in [6.07, 6.45) is -1.18. The van der Waals surface area contributed by atoms with Crippen LogP contribution >= 0.6 is 11.6 Å². The van der Waals surface area contributed by atoms with Gasteiger partial charge in [-0.25, -0.2) is 4.79 Å². The van der Waals surface area contributed by atoms with Crippen LogP contribution in [0.5, 0.6) is 17.2 Å². The lowest BCUT2D eigenvalue weighted by Crippen LogP contribution is -2.20. The Morgan fingerprint density at radius 1 is 0.811 bits per heavy atom. The zero-order valence-corrected chi connectivity index (χ0v) is 20.3. The van der Waals surface area contributed by atoms with E-state index in [2.05, 4.69) is 0 Å². The number of carbonyl (C=O) groups is 2. The fourth-order valence-corrected chi connectivity index (χ4v) is 3.71. The number of halogens is 1. The quantitative estimate of drug-likeness (QED) is 0.104. The Hall–Kier alpha value is -4.69. The lowest BCUT2D eigenvalue weighted by molar-refractivity contribution is -0.385. The molecule has 4 aromatic rings. The van der Waals surface area contributed by atoms with Gasteiger partial charge >= 0.3 is 11.7 Å². The summed E-state index contributed by atoms with van der Waals surface area (Å²) in [4.78, 5) is 37.0. The van der Waals surface area contributed by atoms with E-state index in [1.54, 1.807) is 54.6 Å². The van der Waals surface area contributed by atoms with Crippen molar-refractivity contribution in [2.24, 2.45) is 0 Å². The molecule has 0 heterocycles. The molecule has 0 radical (unpaired) electrons. The molecule has 4 aromatic carbocycles. The monoisotopic (exact) mass is 517 g/mol. The average Bonchev–Trinajstić information content (AvgIpc) is 2.93. The number of nitrogens with zero attached hydrogens (tertiary/aromatic N) is 1. The van der Waals surface area contributed by atoms with Gasteiger partial charge < -0.3 is 14.2 Å². The minimum absolute atomic E-state index is 0.0698. The molecule has 0 unspecified atom stereocenters. The number of nitro groups is 1. The van der Waals surface area contributed by atoms with Gasteiger partial charge in [0.1, 0.15) is 11.5 Å². The van der Waals surface area contributed by atoms with Gasteiger partial charge in [0.2, 0.25) is 11.5 Å². The normalized spacial score (nSPS) is 11.3. The Labute approximate surface area is 217 Å². The average molecular weight is 518 g/mol. The number of esters is 1. The van der Waals surface area contributed by atoms with E-state index in [1.807, 2.05) is 0 Å². The molecule has 1 atom stereocenters. The van der Waals surface area contributed by atoms with Crippen molar-refractivity contribution in [3.8, 4) is 17.2 Å². The fraction of sp³-hybridized carbons (Fsp3) is 0.0714. The lowest BCUT2D eigenvalue weighted by atomic mass is 9.99. The Bertz CT molecular complexity index is 1420. The van der Waals surface area contributed by atoms with Crippen molar-refractivity contribution in [1.29, 1.82) is 0 Å². The highest BCUT2D eigenvalue weighted by Gasteiger charge is 2.27. The molecule has 37 heavy (non-hydrogen) atoms. The van der Waals surface area contributed by atoms with Gasteiger partial charge in [-0.2, -0.15) is 0 Å². The van der Waals surface area contributed by atoms with E-state index in [-0.39, 0.29) is 27.8 Å². The van der Waals surface area contributed by atoms with Crippen molar-refractivity contribution in [3.05, 3.63) is 129 Å². The smallest absolute Gasteiger partial charge is 0.339 e. The third kappa shape index (κ3) is 5.94. The molecule has 0 aliphatic rings. The van der Waals surface area contributed by atoms with Gasteiger partial charge in [0.25, 0.3) is 0 Å². The highest BCUT2D eigenvalue weighted by molar-refractivity contribution is 6.32. The van der Waals surface area contributed by atoms with Crippen molar-refractivity contribution in [2.75, 3.05) is 7.11 Å². The first-order valence-electron chi connectivity index (χ1n) is 11.0. The third-order valence-corrected chi connectivity index (χ3v) is 5.69. The van der Waals surface area contributed by atoms with Crippen LogP contribution in [-0.2, 0) is 4.74 Å². The molecule has 4 rings (SSSR count). The van der Waals surface area contributed by atoms with Crippen molar-refractivity contribution in [2.45, 2.75) is 6.10 Å². The molecule has 0 N–H and O–H groups in total. The maximum atomic E-state index is 13.3. The number of Topliss-reactive ketones (excluding diaryl/α,β-unsaturated/α-hetero) is 1. The first kappa shape index (κ1) is 25.4. The largest absolute Gasteiger partial charge is 0.497 e. The molecule has 8 nitrogen and oxygen atoms in total. The summed E-state index contributed by atoms with van der Waals surface area (Å²) in [7, 11) is 1.53. The molecule has 0 spiro atoms. The number of hydrogen-bond acceptors (Lipinski definition) is 7. The maximum Gasteiger partial charge on any atom is 0.339 e. The Kier molecular flexibility index (Phi) is 7.80. The van der Waals surface area contributed by atoms with E-state index in [0.717, 1.165) is 0 Å². The Balaban J connectivity index is 1.55. The molecular formula is C28H20ClNO7. The topological polar surface area (TPSA) is 105 Å². The highest BCUT2D eigenvalue weighted by Crippen LogP contribution is 2.37. The molecule has 9 heteroatoms. The molecule has 0 aliphatic heterocycles. The van der Waals surface area contributed by atoms with Crippen LogP contribution in [0, 0.1) is 10.1 Å². The van der Waals surface area contributed by atoms with Gasteiger partial charge in [0, 0.05) is 17.2 Å². The van der Waals surface area contributed by atoms with Crippen LogP contribution in [0.15, 0.2) is 97.1 Å². The first-order chi connectivity index (χ1) is 17.9. The summed E-state index contributed by atoms with van der Waals surface area (Å²) in [5.74, 6) is -0.422. The second-order valence-electron chi connectivity index (χ2n) is 7.76. The van der Waals surface area contributed by atoms with Gasteiger partial charge in [-0.05, 0) is 54.6 Å². The zero-order chi connectivity index (χ0) is 26.4. The number of hydrogen-bond donors (Lipinski definition) is 0. The summed E-state index contributed by atoms with van der Waals surface area (Å²) in [5.41, 5.74) is 0.735. The molecule has 0 fully saturated rings. The van der Waals surface area contributed by atoms with Crippen LogP contribution in [0.4, 0.5) is 5.69 Å². The molecule has 186 valence electrons. The van der Waals surface area contributed by atoms with E-state index >= 15 is 0 Å². The van der Waals surface area contributed by atoms with Crippen molar-refractivity contribution in [3.63, 3.8) is 0 Å². The summed E-state index contributed by atoms with van der Waals surface area (Å²) in [6, 6.07) is 25.2. The predicted octanol–water partition coefficient (Wildman–Crippen LogP) is 6.83. The van der Waals surface area contributed by atoms with Crippen LogP contribution in [0.3, 0.4) is 0 Å². The van der Waals surface area contributed by atoms with Gasteiger partial charge in [-0.15, -0.1) is 0 Å². The molecular weight excluding hydrogens is 498 g/mol. The summed E-state index contributed by atoms with van der Waals surface area (Å²) < 4.78 is 16.4. The number of ketones is 1. The minimum atomic E-state index is -1.18.